The fourth-order valence-corrected chi connectivity index (χ4v) is 2.82. The molecule has 6 heteroatoms. The highest BCUT2D eigenvalue weighted by Crippen LogP contribution is 2.36. The first kappa shape index (κ1) is 17.4. The number of benzene rings is 1. The smallest absolute Gasteiger partial charge is 0.231 e. The van der Waals surface area contributed by atoms with Crippen molar-refractivity contribution >= 4 is 24.8 Å². The van der Waals surface area contributed by atoms with Gasteiger partial charge in [-0.15, -0.1) is 24.8 Å². The van der Waals surface area contributed by atoms with Crippen LogP contribution in [0.15, 0.2) is 18.2 Å². The summed E-state index contributed by atoms with van der Waals surface area (Å²) in [7, 11) is 0. The molecule has 1 aromatic rings. The van der Waals surface area contributed by atoms with Gasteiger partial charge in [-0.05, 0) is 24.1 Å². The van der Waals surface area contributed by atoms with Crippen LogP contribution in [0.4, 0.5) is 0 Å². The zero-order chi connectivity index (χ0) is 12.4. The fourth-order valence-electron chi connectivity index (χ4n) is 2.82. The van der Waals surface area contributed by atoms with Gasteiger partial charge in [0, 0.05) is 32.2 Å². The maximum Gasteiger partial charge on any atom is 0.231 e. The molecule has 20 heavy (non-hydrogen) atoms. The Morgan fingerprint density at radius 1 is 1.15 bits per heavy atom. The Labute approximate surface area is 132 Å². The highest BCUT2D eigenvalue weighted by Gasteiger charge is 2.22. The van der Waals surface area contributed by atoms with E-state index in [2.05, 4.69) is 29.3 Å². The molecule has 0 amide bonds. The van der Waals surface area contributed by atoms with Crippen LogP contribution in [0.1, 0.15) is 24.9 Å². The summed E-state index contributed by atoms with van der Waals surface area (Å²) in [5, 5.41) is 3.40. The fraction of sp³-hybridized carbons (Fsp3) is 0.571. The molecule has 0 radical (unpaired) electrons. The molecule has 0 unspecified atom stereocenters. The number of rotatable bonds is 3. The van der Waals surface area contributed by atoms with Crippen LogP contribution >= 0.6 is 24.8 Å². The van der Waals surface area contributed by atoms with E-state index < -0.39 is 0 Å². The van der Waals surface area contributed by atoms with Crippen LogP contribution in [0, 0.1) is 0 Å². The standard InChI is InChI=1S/C14H20N2O2.2ClH/c1-2-12(16-7-5-15-6-8-16)11-3-4-13-14(9-11)18-10-17-13;;/h3-4,9,12,15H,2,5-8,10H2,1H3;2*1H/t12-;;/m0../s1. The molecule has 114 valence electrons. The van der Waals surface area contributed by atoms with E-state index in [1.807, 2.05) is 6.07 Å². The quantitative estimate of drug-likeness (QED) is 0.928. The Kier molecular flexibility index (Phi) is 6.89. The molecular weight excluding hydrogens is 299 g/mol. The topological polar surface area (TPSA) is 33.7 Å². The maximum atomic E-state index is 5.47. The maximum absolute atomic E-state index is 5.47. The van der Waals surface area contributed by atoms with E-state index >= 15 is 0 Å². The van der Waals surface area contributed by atoms with Gasteiger partial charge in [0.25, 0.3) is 0 Å². The first-order valence-corrected chi connectivity index (χ1v) is 6.73. The monoisotopic (exact) mass is 320 g/mol. The van der Waals surface area contributed by atoms with Crippen LogP contribution in [0.5, 0.6) is 11.5 Å². The normalized spacial score (nSPS) is 18.9. The van der Waals surface area contributed by atoms with Crippen molar-refractivity contribution in [2.45, 2.75) is 19.4 Å². The van der Waals surface area contributed by atoms with Crippen LogP contribution in [0.2, 0.25) is 0 Å². The summed E-state index contributed by atoms with van der Waals surface area (Å²) in [6.07, 6.45) is 1.12. The van der Waals surface area contributed by atoms with Gasteiger partial charge in [-0.2, -0.15) is 0 Å². The average Bonchev–Trinajstić information content (AvgIpc) is 2.88. The minimum absolute atomic E-state index is 0. The van der Waals surface area contributed by atoms with E-state index in [1.54, 1.807) is 0 Å². The van der Waals surface area contributed by atoms with Crippen LogP contribution < -0.4 is 14.8 Å². The molecule has 1 fully saturated rings. The van der Waals surface area contributed by atoms with Crippen LogP contribution in [0.25, 0.3) is 0 Å². The molecule has 0 aliphatic carbocycles. The molecule has 0 aromatic heterocycles. The number of halogens is 2. The van der Waals surface area contributed by atoms with Crippen molar-refractivity contribution in [1.29, 1.82) is 0 Å². The molecule has 1 saturated heterocycles. The van der Waals surface area contributed by atoms with Gasteiger partial charge in [-0.3, -0.25) is 4.90 Å². The number of hydrogen-bond donors (Lipinski definition) is 1. The van der Waals surface area contributed by atoms with Gasteiger partial charge in [-0.1, -0.05) is 13.0 Å². The number of nitrogens with one attached hydrogen (secondary N) is 1. The third-order valence-corrected chi connectivity index (χ3v) is 3.76. The van der Waals surface area contributed by atoms with E-state index in [4.69, 9.17) is 9.47 Å². The minimum Gasteiger partial charge on any atom is -0.454 e. The molecule has 2 aliphatic rings. The van der Waals surface area contributed by atoms with Gasteiger partial charge < -0.3 is 14.8 Å². The van der Waals surface area contributed by atoms with Crippen molar-refractivity contribution in [3.63, 3.8) is 0 Å². The number of hydrogen-bond acceptors (Lipinski definition) is 4. The van der Waals surface area contributed by atoms with E-state index in [0.29, 0.717) is 12.8 Å². The molecule has 3 rings (SSSR count). The lowest BCUT2D eigenvalue weighted by atomic mass is 10.0. The molecular formula is C14H22Cl2N2O2. The number of piperazine rings is 1. The Morgan fingerprint density at radius 2 is 1.85 bits per heavy atom. The summed E-state index contributed by atoms with van der Waals surface area (Å²) < 4.78 is 10.8. The third kappa shape index (κ3) is 3.50. The molecule has 1 aromatic carbocycles. The van der Waals surface area contributed by atoms with Crippen molar-refractivity contribution < 1.29 is 9.47 Å². The second-order valence-electron chi connectivity index (χ2n) is 4.82. The van der Waals surface area contributed by atoms with Crippen LogP contribution in [0.3, 0.4) is 0 Å². The lowest BCUT2D eigenvalue weighted by Gasteiger charge is -2.34. The first-order valence-electron chi connectivity index (χ1n) is 6.73. The van der Waals surface area contributed by atoms with Crippen molar-refractivity contribution in [1.82, 2.24) is 10.2 Å². The van der Waals surface area contributed by atoms with Crippen molar-refractivity contribution in [2.24, 2.45) is 0 Å². The number of nitrogens with zero attached hydrogens (tertiary/aromatic N) is 1. The van der Waals surface area contributed by atoms with E-state index in [-0.39, 0.29) is 24.8 Å². The number of fused-ring (bicyclic) bond motifs is 1. The SMILES string of the molecule is CC[C@@H](c1ccc2c(c1)OCO2)N1CCNCC1.Cl.Cl. The molecule has 0 saturated carbocycles. The van der Waals surface area contributed by atoms with Gasteiger partial charge in [0.05, 0.1) is 0 Å². The second-order valence-corrected chi connectivity index (χ2v) is 4.82. The summed E-state index contributed by atoms with van der Waals surface area (Å²) in [5.41, 5.74) is 1.34. The predicted molar refractivity (Wildman–Crippen MR) is 84.5 cm³/mol. The molecule has 1 atom stereocenters. The third-order valence-electron chi connectivity index (χ3n) is 3.76. The molecule has 1 N–H and O–H groups in total. The van der Waals surface area contributed by atoms with Gasteiger partial charge >= 0.3 is 0 Å². The Balaban J connectivity index is 0.000001000. The summed E-state index contributed by atoms with van der Waals surface area (Å²) >= 11 is 0. The van der Waals surface area contributed by atoms with Crippen LogP contribution in [-0.4, -0.2) is 37.9 Å². The summed E-state index contributed by atoms with van der Waals surface area (Å²) in [6.45, 7) is 7.00. The first-order chi connectivity index (χ1) is 8.88. The Hall–Kier alpha value is -0.680. The van der Waals surface area contributed by atoms with E-state index in [0.717, 1.165) is 44.1 Å². The second kappa shape index (κ2) is 7.93. The average molecular weight is 321 g/mol. The van der Waals surface area contributed by atoms with E-state index in [1.165, 1.54) is 5.56 Å². The summed E-state index contributed by atoms with van der Waals surface area (Å²) in [6, 6.07) is 6.83. The predicted octanol–water partition coefficient (Wildman–Crippen LogP) is 2.62. The van der Waals surface area contributed by atoms with Crippen molar-refractivity contribution in [2.75, 3.05) is 33.0 Å². The van der Waals surface area contributed by atoms with Gasteiger partial charge in [0.1, 0.15) is 0 Å². The molecule has 0 bridgehead atoms. The highest BCUT2D eigenvalue weighted by atomic mass is 35.5. The van der Waals surface area contributed by atoms with Gasteiger partial charge in [0.2, 0.25) is 6.79 Å². The molecule has 0 spiro atoms. The van der Waals surface area contributed by atoms with Gasteiger partial charge in [0.15, 0.2) is 11.5 Å². The lowest BCUT2D eigenvalue weighted by molar-refractivity contribution is 0.168. The number of ether oxygens (including phenoxy) is 2. The van der Waals surface area contributed by atoms with Crippen LogP contribution in [-0.2, 0) is 0 Å². The molecule has 2 heterocycles. The molecule has 4 nitrogen and oxygen atoms in total. The highest BCUT2D eigenvalue weighted by molar-refractivity contribution is 5.85. The van der Waals surface area contributed by atoms with Gasteiger partial charge in [-0.25, -0.2) is 0 Å². The van der Waals surface area contributed by atoms with Crippen molar-refractivity contribution in [3.8, 4) is 11.5 Å². The zero-order valence-electron chi connectivity index (χ0n) is 11.6. The Bertz CT molecular complexity index is 426. The van der Waals surface area contributed by atoms with E-state index in [9.17, 15) is 0 Å². The minimum atomic E-state index is 0. The molecule has 2 aliphatic heterocycles. The zero-order valence-corrected chi connectivity index (χ0v) is 13.3. The summed E-state index contributed by atoms with van der Waals surface area (Å²) in [4.78, 5) is 2.55. The lowest BCUT2D eigenvalue weighted by Crippen LogP contribution is -2.45. The summed E-state index contributed by atoms with van der Waals surface area (Å²) in [5.74, 6) is 1.76. The largest absolute Gasteiger partial charge is 0.454 e. The van der Waals surface area contributed by atoms with Crippen molar-refractivity contribution in [3.05, 3.63) is 23.8 Å². The Morgan fingerprint density at radius 3 is 2.55 bits per heavy atom.